The lowest BCUT2D eigenvalue weighted by molar-refractivity contribution is -0.116. The normalized spacial score (nSPS) is 10.6. The number of methoxy groups -OCH3 is 1. The van der Waals surface area contributed by atoms with E-state index in [1.165, 1.54) is 0 Å². The number of hydrogen-bond donors (Lipinski definition) is 1. The monoisotopic (exact) mass is 322 g/mol. The van der Waals surface area contributed by atoms with E-state index in [0.29, 0.717) is 12.2 Å². The molecule has 0 saturated heterocycles. The summed E-state index contributed by atoms with van der Waals surface area (Å²) >= 11 is 0. The molecule has 0 aliphatic carbocycles. The number of ether oxygens (including phenoxy) is 1. The minimum atomic E-state index is -0.601. The van der Waals surface area contributed by atoms with Crippen molar-refractivity contribution in [1.29, 1.82) is 0 Å². The first-order valence-electron chi connectivity index (χ1n) is 7.72. The van der Waals surface area contributed by atoms with E-state index in [-0.39, 0.29) is 0 Å². The molecule has 0 aliphatic heterocycles. The summed E-state index contributed by atoms with van der Waals surface area (Å²) in [6, 6.07) is 15.0. The zero-order chi connectivity index (χ0) is 17.1. The van der Waals surface area contributed by atoms with E-state index in [1.807, 2.05) is 48.5 Å². The second-order valence-electron chi connectivity index (χ2n) is 5.32. The van der Waals surface area contributed by atoms with Crippen LogP contribution in [0.1, 0.15) is 17.4 Å². The standard InChI is InChI=1S/C19H18N2O3/c1-3-20-19(23)18(22)17-16(12-14-6-4-5-11-21(14)17)13-7-9-15(24-2)10-8-13/h4-12H,3H2,1-2H3,(H,20,23). The summed E-state index contributed by atoms with van der Waals surface area (Å²) in [5, 5.41) is 2.57. The number of benzene rings is 1. The first-order chi connectivity index (χ1) is 11.7. The summed E-state index contributed by atoms with van der Waals surface area (Å²) in [6.07, 6.45) is 1.79. The summed E-state index contributed by atoms with van der Waals surface area (Å²) < 4.78 is 6.92. The predicted molar refractivity (Wildman–Crippen MR) is 92.4 cm³/mol. The van der Waals surface area contributed by atoms with E-state index >= 15 is 0 Å². The van der Waals surface area contributed by atoms with Gasteiger partial charge in [0.2, 0.25) is 0 Å². The van der Waals surface area contributed by atoms with E-state index in [0.717, 1.165) is 22.4 Å². The first kappa shape index (κ1) is 15.8. The second-order valence-corrected chi connectivity index (χ2v) is 5.32. The summed E-state index contributed by atoms with van der Waals surface area (Å²) in [6.45, 7) is 2.19. The van der Waals surface area contributed by atoms with Crippen molar-refractivity contribution in [3.63, 3.8) is 0 Å². The van der Waals surface area contributed by atoms with E-state index in [4.69, 9.17) is 4.74 Å². The molecule has 0 fully saturated rings. The number of aromatic nitrogens is 1. The molecule has 2 heterocycles. The van der Waals surface area contributed by atoms with Gasteiger partial charge in [-0.05, 0) is 42.8 Å². The quantitative estimate of drug-likeness (QED) is 0.580. The molecule has 0 bridgehead atoms. The van der Waals surface area contributed by atoms with Crippen molar-refractivity contribution in [3.8, 4) is 16.9 Å². The van der Waals surface area contributed by atoms with Crippen molar-refractivity contribution in [2.45, 2.75) is 6.92 Å². The SMILES string of the molecule is CCNC(=O)C(=O)c1c(-c2ccc(OC)cc2)cc2ccccn12. The molecule has 0 atom stereocenters. The zero-order valence-electron chi connectivity index (χ0n) is 13.6. The van der Waals surface area contributed by atoms with Crippen LogP contribution in [0.2, 0.25) is 0 Å². The lowest BCUT2D eigenvalue weighted by atomic mass is 10.0. The van der Waals surface area contributed by atoms with Crippen LogP contribution < -0.4 is 10.1 Å². The summed E-state index contributed by atoms with van der Waals surface area (Å²) in [5.41, 5.74) is 2.80. The molecule has 2 aromatic heterocycles. The fraction of sp³-hybridized carbons (Fsp3) is 0.158. The van der Waals surface area contributed by atoms with Crippen LogP contribution in [0.3, 0.4) is 0 Å². The Hall–Kier alpha value is -3.08. The third-order valence-electron chi connectivity index (χ3n) is 3.84. The number of nitrogens with zero attached hydrogens (tertiary/aromatic N) is 1. The van der Waals surface area contributed by atoms with Gasteiger partial charge in [-0.1, -0.05) is 18.2 Å². The Balaban J connectivity index is 2.17. The third kappa shape index (κ3) is 2.76. The molecule has 0 saturated carbocycles. The van der Waals surface area contributed by atoms with Gasteiger partial charge in [0.1, 0.15) is 11.4 Å². The molecule has 5 nitrogen and oxygen atoms in total. The van der Waals surface area contributed by atoms with Gasteiger partial charge in [-0.3, -0.25) is 9.59 Å². The Morgan fingerprint density at radius 3 is 2.54 bits per heavy atom. The number of nitrogens with one attached hydrogen (secondary N) is 1. The number of pyridine rings is 1. The molecule has 5 heteroatoms. The summed E-state index contributed by atoms with van der Waals surface area (Å²) in [5.74, 6) is -0.413. The molecule has 1 N–H and O–H groups in total. The van der Waals surface area contributed by atoms with Crippen molar-refractivity contribution < 1.29 is 14.3 Å². The van der Waals surface area contributed by atoms with Gasteiger partial charge in [0.25, 0.3) is 11.7 Å². The van der Waals surface area contributed by atoms with Crippen molar-refractivity contribution >= 4 is 17.2 Å². The molecule has 24 heavy (non-hydrogen) atoms. The van der Waals surface area contributed by atoms with E-state index in [2.05, 4.69) is 5.32 Å². The molecular weight excluding hydrogens is 304 g/mol. The number of Topliss-reactive ketones (excluding diaryl/α,β-unsaturated/α-hetero) is 1. The molecule has 3 aromatic rings. The maximum Gasteiger partial charge on any atom is 0.294 e. The highest BCUT2D eigenvalue weighted by atomic mass is 16.5. The number of carbonyl (C=O) groups is 2. The number of amides is 1. The number of rotatable bonds is 5. The Bertz CT molecular complexity index is 895. The Morgan fingerprint density at radius 1 is 1.12 bits per heavy atom. The fourth-order valence-corrected chi connectivity index (χ4v) is 2.69. The van der Waals surface area contributed by atoms with Crippen LogP contribution in [0.15, 0.2) is 54.7 Å². The van der Waals surface area contributed by atoms with Crippen LogP contribution in [0.25, 0.3) is 16.6 Å². The van der Waals surface area contributed by atoms with Crippen molar-refractivity contribution in [3.05, 3.63) is 60.4 Å². The van der Waals surface area contributed by atoms with Crippen LogP contribution in [-0.2, 0) is 4.79 Å². The van der Waals surface area contributed by atoms with E-state index in [9.17, 15) is 9.59 Å². The largest absolute Gasteiger partial charge is 0.497 e. The highest BCUT2D eigenvalue weighted by molar-refractivity contribution is 6.43. The minimum absolute atomic E-state index is 0.363. The number of hydrogen-bond acceptors (Lipinski definition) is 3. The number of carbonyl (C=O) groups excluding carboxylic acids is 2. The highest BCUT2D eigenvalue weighted by Crippen LogP contribution is 2.29. The van der Waals surface area contributed by atoms with Gasteiger partial charge in [-0.25, -0.2) is 0 Å². The summed E-state index contributed by atoms with van der Waals surface area (Å²) in [7, 11) is 1.60. The molecular formula is C19H18N2O3. The van der Waals surface area contributed by atoms with E-state index in [1.54, 1.807) is 24.6 Å². The minimum Gasteiger partial charge on any atom is -0.497 e. The lowest BCUT2D eigenvalue weighted by Crippen LogP contribution is -2.31. The smallest absolute Gasteiger partial charge is 0.294 e. The average molecular weight is 322 g/mol. The van der Waals surface area contributed by atoms with Crippen LogP contribution in [-0.4, -0.2) is 29.7 Å². The molecule has 0 unspecified atom stereocenters. The first-order valence-corrected chi connectivity index (χ1v) is 7.72. The molecule has 3 rings (SSSR count). The van der Waals surface area contributed by atoms with Crippen LogP contribution in [0, 0.1) is 0 Å². The predicted octanol–water partition coefficient (Wildman–Crippen LogP) is 2.93. The Labute approximate surface area is 139 Å². The zero-order valence-corrected chi connectivity index (χ0v) is 13.6. The average Bonchev–Trinajstić information content (AvgIpc) is 3.00. The van der Waals surface area contributed by atoms with Gasteiger partial charge >= 0.3 is 0 Å². The third-order valence-corrected chi connectivity index (χ3v) is 3.84. The van der Waals surface area contributed by atoms with Gasteiger partial charge in [-0.2, -0.15) is 0 Å². The van der Waals surface area contributed by atoms with E-state index < -0.39 is 11.7 Å². The lowest BCUT2D eigenvalue weighted by Gasteiger charge is -2.07. The Kier molecular flexibility index (Phi) is 4.33. The van der Waals surface area contributed by atoms with Gasteiger partial charge in [0.15, 0.2) is 0 Å². The fourth-order valence-electron chi connectivity index (χ4n) is 2.69. The maximum atomic E-state index is 12.7. The molecule has 0 radical (unpaired) electrons. The number of fused-ring (bicyclic) bond motifs is 1. The van der Waals surface area contributed by atoms with Crippen molar-refractivity contribution in [2.24, 2.45) is 0 Å². The molecule has 1 amide bonds. The Morgan fingerprint density at radius 2 is 1.88 bits per heavy atom. The molecule has 0 spiro atoms. The van der Waals surface area contributed by atoms with Crippen LogP contribution >= 0.6 is 0 Å². The van der Waals surface area contributed by atoms with Crippen molar-refractivity contribution in [1.82, 2.24) is 9.72 Å². The van der Waals surface area contributed by atoms with Gasteiger partial charge < -0.3 is 14.5 Å². The van der Waals surface area contributed by atoms with Gasteiger partial charge in [0, 0.05) is 23.8 Å². The highest BCUT2D eigenvalue weighted by Gasteiger charge is 2.24. The van der Waals surface area contributed by atoms with Crippen LogP contribution in [0.4, 0.5) is 0 Å². The second kappa shape index (κ2) is 6.58. The van der Waals surface area contributed by atoms with Gasteiger partial charge in [0.05, 0.1) is 7.11 Å². The molecule has 0 aliphatic rings. The van der Waals surface area contributed by atoms with Crippen LogP contribution in [0.5, 0.6) is 5.75 Å². The van der Waals surface area contributed by atoms with Crippen molar-refractivity contribution in [2.75, 3.05) is 13.7 Å². The topological polar surface area (TPSA) is 59.8 Å². The summed E-state index contributed by atoms with van der Waals surface area (Å²) in [4.78, 5) is 24.7. The molecule has 1 aromatic carbocycles. The maximum absolute atomic E-state index is 12.7. The van der Waals surface area contributed by atoms with Gasteiger partial charge in [-0.15, -0.1) is 0 Å². The number of likely N-dealkylation sites (N-methyl/N-ethyl adjacent to an activating group) is 1. The number of ketones is 1. The molecule has 122 valence electrons.